The summed E-state index contributed by atoms with van der Waals surface area (Å²) < 4.78 is 38.2. The minimum Gasteiger partial charge on any atom is -0.480 e. The van der Waals surface area contributed by atoms with Gasteiger partial charge in [-0.2, -0.15) is 24.9 Å². The van der Waals surface area contributed by atoms with Crippen LogP contribution in [0.25, 0.3) is 0 Å². The summed E-state index contributed by atoms with van der Waals surface area (Å²) in [6.07, 6.45) is -2.90. The van der Waals surface area contributed by atoms with E-state index in [2.05, 4.69) is 0 Å². The molecule has 1 aromatic carbocycles. The highest BCUT2D eigenvalue weighted by molar-refractivity contribution is 7.98. The van der Waals surface area contributed by atoms with Gasteiger partial charge in [-0.1, -0.05) is 29.8 Å². The van der Waals surface area contributed by atoms with Crippen molar-refractivity contribution >= 4 is 35.1 Å². The zero-order chi connectivity index (χ0) is 17.8. The van der Waals surface area contributed by atoms with Gasteiger partial charge in [0.25, 0.3) is 0 Å². The normalized spacial score (nSPS) is 15.7. The van der Waals surface area contributed by atoms with Crippen molar-refractivity contribution < 1.29 is 27.9 Å². The van der Waals surface area contributed by atoms with E-state index >= 15 is 0 Å². The van der Waals surface area contributed by atoms with E-state index in [0.29, 0.717) is 11.8 Å². The highest BCUT2D eigenvalue weighted by atomic mass is 35.5. The number of carbonyl (C=O) groups excluding carboxylic acids is 1. The second-order valence-corrected chi connectivity index (χ2v) is 6.52. The van der Waals surface area contributed by atoms with Gasteiger partial charge >= 0.3 is 12.1 Å². The Morgan fingerprint density at radius 2 is 2.00 bits per heavy atom. The first-order valence-electron chi connectivity index (χ1n) is 6.41. The number of hydrogen-bond donors (Lipinski definition) is 2. The molecule has 0 radical (unpaired) electrons. The number of nitrogens with two attached hydrogens (primary N) is 1. The zero-order valence-corrected chi connectivity index (χ0v) is 13.6. The van der Waals surface area contributed by atoms with Crippen LogP contribution in [0, 0.1) is 0 Å². The van der Waals surface area contributed by atoms with Crippen LogP contribution in [0.15, 0.2) is 24.3 Å². The molecule has 0 aromatic heterocycles. The quantitative estimate of drug-likeness (QED) is 0.438. The highest BCUT2D eigenvalue weighted by Gasteiger charge is 2.42. The van der Waals surface area contributed by atoms with Crippen molar-refractivity contribution in [1.82, 2.24) is 0 Å². The fraction of sp³-hybridized carbons (Fsp3) is 0.429. The van der Waals surface area contributed by atoms with Gasteiger partial charge in [0.05, 0.1) is 5.56 Å². The standard InChI is InChI=1S/C14H15ClF3NO3S/c1-23-6-5-13(15,19)11(20)10(12(21)22)8-3-2-4-9(7-8)14(16,17)18/h2-4,7,10H,5-6,19H2,1H3,(H,21,22)/t10?,13-/m0/s1. The maximum atomic E-state index is 12.7. The Morgan fingerprint density at radius 1 is 1.39 bits per heavy atom. The Morgan fingerprint density at radius 3 is 2.48 bits per heavy atom. The molecule has 2 atom stereocenters. The number of Topliss-reactive ketones (excluding diaryl/α,β-unsaturated/α-hetero) is 1. The molecule has 4 nitrogen and oxygen atoms in total. The third-order valence-corrected chi connectivity index (χ3v) is 4.12. The molecule has 0 spiro atoms. The summed E-state index contributed by atoms with van der Waals surface area (Å²) in [6, 6.07) is 3.58. The number of alkyl halides is 4. The minimum atomic E-state index is -4.65. The van der Waals surface area contributed by atoms with Crippen LogP contribution in [0.5, 0.6) is 0 Å². The summed E-state index contributed by atoms with van der Waals surface area (Å²) in [4.78, 5) is 21.8. The van der Waals surface area contributed by atoms with Gasteiger partial charge in [-0.05, 0) is 30.1 Å². The predicted octanol–water partition coefficient (Wildman–Crippen LogP) is 3.09. The monoisotopic (exact) mass is 369 g/mol. The largest absolute Gasteiger partial charge is 0.480 e. The van der Waals surface area contributed by atoms with Crippen LogP contribution >= 0.6 is 23.4 Å². The summed E-state index contributed by atoms with van der Waals surface area (Å²) in [5.74, 6) is -4.10. The van der Waals surface area contributed by atoms with Gasteiger partial charge in [-0.15, -0.1) is 0 Å². The lowest BCUT2D eigenvalue weighted by molar-refractivity contribution is -0.144. The maximum absolute atomic E-state index is 12.7. The zero-order valence-electron chi connectivity index (χ0n) is 12.1. The molecule has 0 saturated carbocycles. The molecule has 0 heterocycles. The Hall–Kier alpha value is -1.25. The number of ketones is 1. The fourth-order valence-corrected chi connectivity index (χ4v) is 2.76. The van der Waals surface area contributed by atoms with Crippen LogP contribution < -0.4 is 5.73 Å². The van der Waals surface area contributed by atoms with E-state index in [-0.39, 0.29) is 12.0 Å². The Bertz CT molecular complexity index is 593. The number of carboxylic acids is 1. The molecule has 0 aliphatic heterocycles. The van der Waals surface area contributed by atoms with E-state index in [9.17, 15) is 27.9 Å². The number of thioether (sulfide) groups is 1. The molecule has 1 unspecified atom stereocenters. The van der Waals surface area contributed by atoms with Crippen LogP contribution in [0.2, 0.25) is 0 Å². The molecule has 0 aliphatic carbocycles. The van der Waals surface area contributed by atoms with E-state index < -0.39 is 34.4 Å². The van der Waals surface area contributed by atoms with Crippen molar-refractivity contribution in [3.63, 3.8) is 0 Å². The van der Waals surface area contributed by atoms with Gasteiger partial charge < -0.3 is 10.8 Å². The topological polar surface area (TPSA) is 80.4 Å². The Balaban J connectivity index is 3.22. The van der Waals surface area contributed by atoms with Crippen molar-refractivity contribution in [1.29, 1.82) is 0 Å². The Labute approximate surface area is 140 Å². The van der Waals surface area contributed by atoms with E-state index in [1.54, 1.807) is 6.26 Å². The van der Waals surface area contributed by atoms with Gasteiger partial charge in [-0.25, -0.2) is 0 Å². The molecule has 9 heteroatoms. The van der Waals surface area contributed by atoms with Crippen molar-refractivity contribution in [3.05, 3.63) is 35.4 Å². The molecular weight excluding hydrogens is 355 g/mol. The average molecular weight is 370 g/mol. The first-order chi connectivity index (χ1) is 10.5. The second kappa shape index (κ2) is 7.55. The van der Waals surface area contributed by atoms with Crippen molar-refractivity contribution in [2.75, 3.05) is 12.0 Å². The van der Waals surface area contributed by atoms with Crippen LogP contribution in [0.3, 0.4) is 0 Å². The molecule has 0 saturated heterocycles. The molecular formula is C14H15ClF3NO3S. The third-order valence-electron chi connectivity index (χ3n) is 3.14. The molecule has 0 fully saturated rings. The first-order valence-corrected chi connectivity index (χ1v) is 8.19. The maximum Gasteiger partial charge on any atom is 0.416 e. The first kappa shape index (κ1) is 19.8. The predicted molar refractivity (Wildman–Crippen MR) is 82.6 cm³/mol. The van der Waals surface area contributed by atoms with Crippen LogP contribution in [-0.2, 0) is 15.8 Å². The number of benzene rings is 1. The van der Waals surface area contributed by atoms with Gasteiger partial charge in [0, 0.05) is 0 Å². The summed E-state index contributed by atoms with van der Waals surface area (Å²) in [5.41, 5.74) is 4.31. The molecule has 1 aromatic rings. The minimum absolute atomic E-state index is 0.00268. The summed E-state index contributed by atoms with van der Waals surface area (Å²) >= 11 is 7.27. The number of halogens is 4. The van der Waals surface area contributed by atoms with Crippen LogP contribution in [0.1, 0.15) is 23.5 Å². The lowest BCUT2D eigenvalue weighted by Gasteiger charge is -2.24. The van der Waals surface area contributed by atoms with E-state index in [1.165, 1.54) is 11.8 Å². The third kappa shape index (κ3) is 5.12. The number of aliphatic carboxylic acids is 1. The SMILES string of the molecule is CSCC[C@@](N)(Cl)C(=O)C(C(=O)O)c1cccc(C(F)(F)F)c1. The molecule has 3 N–H and O–H groups in total. The summed E-state index contributed by atoms with van der Waals surface area (Å²) in [5, 5.41) is 9.26. The Kier molecular flexibility index (Phi) is 6.49. The molecule has 23 heavy (non-hydrogen) atoms. The van der Waals surface area contributed by atoms with Crippen molar-refractivity contribution in [2.45, 2.75) is 23.5 Å². The van der Waals surface area contributed by atoms with Crippen molar-refractivity contribution in [3.8, 4) is 0 Å². The number of carboxylic acid groups (broad SMARTS) is 1. The molecule has 0 bridgehead atoms. The van der Waals surface area contributed by atoms with Gasteiger partial charge in [0.2, 0.25) is 0 Å². The van der Waals surface area contributed by atoms with Gasteiger partial charge in [0.15, 0.2) is 10.8 Å². The lowest BCUT2D eigenvalue weighted by Crippen LogP contribution is -2.47. The summed E-state index contributed by atoms with van der Waals surface area (Å²) in [7, 11) is 0. The van der Waals surface area contributed by atoms with E-state index in [1.807, 2.05) is 0 Å². The molecule has 1 rings (SSSR count). The van der Waals surface area contributed by atoms with Gasteiger partial charge in [-0.3, -0.25) is 9.59 Å². The molecule has 0 amide bonds. The molecule has 0 aliphatic rings. The lowest BCUT2D eigenvalue weighted by atomic mass is 9.89. The van der Waals surface area contributed by atoms with E-state index in [0.717, 1.165) is 18.2 Å². The highest BCUT2D eigenvalue weighted by Crippen LogP contribution is 2.33. The summed E-state index contributed by atoms with van der Waals surface area (Å²) in [6.45, 7) is 0. The van der Waals surface area contributed by atoms with Crippen LogP contribution in [0.4, 0.5) is 13.2 Å². The van der Waals surface area contributed by atoms with Gasteiger partial charge in [0.1, 0.15) is 5.92 Å². The number of rotatable bonds is 7. The number of hydrogen-bond acceptors (Lipinski definition) is 4. The average Bonchev–Trinajstić information content (AvgIpc) is 2.44. The molecule has 128 valence electrons. The number of carbonyl (C=O) groups is 2. The smallest absolute Gasteiger partial charge is 0.416 e. The van der Waals surface area contributed by atoms with Crippen molar-refractivity contribution in [2.24, 2.45) is 5.73 Å². The van der Waals surface area contributed by atoms with E-state index in [4.69, 9.17) is 17.3 Å². The fourth-order valence-electron chi connectivity index (χ4n) is 1.91. The second-order valence-electron chi connectivity index (χ2n) is 4.86. The van der Waals surface area contributed by atoms with Crippen LogP contribution in [-0.4, -0.2) is 33.9 Å².